The van der Waals surface area contributed by atoms with Gasteiger partial charge >= 0.3 is 0 Å². The van der Waals surface area contributed by atoms with Crippen molar-refractivity contribution in [3.8, 4) is 17.2 Å². The summed E-state index contributed by atoms with van der Waals surface area (Å²) in [6.45, 7) is 0.436. The molecule has 1 amide bonds. The summed E-state index contributed by atoms with van der Waals surface area (Å²) < 4.78 is 16.3. The van der Waals surface area contributed by atoms with Gasteiger partial charge in [-0.3, -0.25) is 4.79 Å². The second kappa shape index (κ2) is 4.86. The molecule has 0 saturated heterocycles. The zero-order chi connectivity index (χ0) is 14.2. The SMILES string of the molecule is CNC(COc1ccc2c(c1)OCO2)(C(N)=O)C1CC1. The van der Waals surface area contributed by atoms with E-state index in [2.05, 4.69) is 5.32 Å². The van der Waals surface area contributed by atoms with Crippen LogP contribution in [-0.2, 0) is 4.79 Å². The van der Waals surface area contributed by atoms with Gasteiger partial charge in [0, 0.05) is 6.07 Å². The number of benzene rings is 1. The smallest absolute Gasteiger partial charge is 0.241 e. The van der Waals surface area contributed by atoms with E-state index in [4.69, 9.17) is 19.9 Å². The lowest BCUT2D eigenvalue weighted by Crippen LogP contribution is -2.59. The van der Waals surface area contributed by atoms with Crippen molar-refractivity contribution in [3.63, 3.8) is 0 Å². The van der Waals surface area contributed by atoms with Crippen LogP contribution in [0.25, 0.3) is 0 Å². The summed E-state index contributed by atoms with van der Waals surface area (Å²) in [6.07, 6.45) is 1.99. The quantitative estimate of drug-likeness (QED) is 0.798. The molecule has 0 aromatic heterocycles. The number of hydrogen-bond acceptors (Lipinski definition) is 5. The Kier molecular flexibility index (Phi) is 3.17. The molecular weight excluding hydrogens is 260 g/mol. The zero-order valence-electron chi connectivity index (χ0n) is 11.3. The van der Waals surface area contributed by atoms with E-state index in [9.17, 15) is 4.79 Å². The molecular formula is C14H18N2O4. The Labute approximate surface area is 117 Å². The summed E-state index contributed by atoms with van der Waals surface area (Å²) >= 11 is 0. The highest BCUT2D eigenvalue weighted by molar-refractivity contribution is 5.85. The lowest BCUT2D eigenvalue weighted by Gasteiger charge is -2.30. The number of nitrogens with two attached hydrogens (primary N) is 1. The first kappa shape index (κ1) is 13.1. The number of rotatable bonds is 6. The van der Waals surface area contributed by atoms with Gasteiger partial charge in [-0.15, -0.1) is 0 Å². The van der Waals surface area contributed by atoms with Crippen molar-refractivity contribution >= 4 is 5.91 Å². The number of nitrogens with one attached hydrogen (secondary N) is 1. The highest BCUT2D eigenvalue weighted by atomic mass is 16.7. The fourth-order valence-electron chi connectivity index (χ4n) is 2.53. The number of primary amides is 1. The third kappa shape index (κ3) is 2.16. The second-order valence-electron chi connectivity index (χ2n) is 5.16. The van der Waals surface area contributed by atoms with Gasteiger partial charge in [0.2, 0.25) is 12.7 Å². The van der Waals surface area contributed by atoms with Crippen LogP contribution in [0.3, 0.4) is 0 Å². The number of likely N-dealkylation sites (N-methyl/N-ethyl adjacent to an activating group) is 1. The molecule has 3 rings (SSSR count). The lowest BCUT2D eigenvalue weighted by atomic mass is 9.93. The van der Waals surface area contributed by atoms with Gasteiger partial charge in [0.15, 0.2) is 11.5 Å². The van der Waals surface area contributed by atoms with Crippen LogP contribution in [0.15, 0.2) is 18.2 Å². The molecule has 1 aliphatic carbocycles. The number of carbonyl (C=O) groups excluding carboxylic acids is 1. The van der Waals surface area contributed by atoms with E-state index in [1.165, 1.54) is 0 Å². The van der Waals surface area contributed by atoms with E-state index in [1.54, 1.807) is 25.2 Å². The fourth-order valence-corrected chi connectivity index (χ4v) is 2.53. The van der Waals surface area contributed by atoms with Crippen LogP contribution < -0.4 is 25.3 Å². The minimum absolute atomic E-state index is 0.211. The molecule has 1 aliphatic heterocycles. The Balaban J connectivity index is 1.73. The van der Waals surface area contributed by atoms with Crippen LogP contribution in [0.2, 0.25) is 0 Å². The van der Waals surface area contributed by atoms with Gasteiger partial charge in [-0.2, -0.15) is 0 Å². The van der Waals surface area contributed by atoms with Crippen molar-refractivity contribution in [1.82, 2.24) is 5.32 Å². The standard InChI is InChI=1S/C14H18N2O4/c1-16-14(13(15)17,9-2-3-9)7-18-10-4-5-11-12(6-10)20-8-19-11/h4-6,9,16H,2-3,7-8H2,1H3,(H2,15,17). The molecule has 0 bridgehead atoms. The Bertz CT molecular complexity index is 530. The Morgan fingerprint density at radius 2 is 2.20 bits per heavy atom. The topological polar surface area (TPSA) is 82.8 Å². The first-order valence-corrected chi connectivity index (χ1v) is 6.67. The highest BCUT2D eigenvalue weighted by Gasteiger charge is 2.49. The van der Waals surface area contributed by atoms with Gasteiger partial charge in [-0.05, 0) is 37.9 Å². The molecule has 1 fully saturated rings. The molecule has 6 nitrogen and oxygen atoms in total. The van der Waals surface area contributed by atoms with Gasteiger partial charge in [0.1, 0.15) is 17.9 Å². The number of hydrogen-bond donors (Lipinski definition) is 2. The molecule has 1 aromatic carbocycles. The van der Waals surface area contributed by atoms with E-state index in [0.29, 0.717) is 17.2 Å². The minimum atomic E-state index is -0.795. The number of ether oxygens (including phenoxy) is 3. The molecule has 1 heterocycles. The predicted molar refractivity (Wildman–Crippen MR) is 71.8 cm³/mol. The summed E-state index contributed by atoms with van der Waals surface area (Å²) in [4.78, 5) is 11.8. The van der Waals surface area contributed by atoms with Crippen molar-refractivity contribution in [2.45, 2.75) is 18.4 Å². The molecule has 0 spiro atoms. The van der Waals surface area contributed by atoms with Gasteiger partial charge in [0.25, 0.3) is 0 Å². The Hall–Kier alpha value is -1.95. The van der Waals surface area contributed by atoms with E-state index >= 15 is 0 Å². The first-order valence-electron chi connectivity index (χ1n) is 6.67. The van der Waals surface area contributed by atoms with Crippen molar-refractivity contribution in [2.75, 3.05) is 20.4 Å². The van der Waals surface area contributed by atoms with Crippen LogP contribution in [-0.4, -0.2) is 31.9 Å². The minimum Gasteiger partial charge on any atom is -0.491 e. The van der Waals surface area contributed by atoms with E-state index in [1.807, 2.05) is 0 Å². The Morgan fingerprint density at radius 3 is 2.85 bits per heavy atom. The highest BCUT2D eigenvalue weighted by Crippen LogP contribution is 2.40. The van der Waals surface area contributed by atoms with Crippen LogP contribution in [0.1, 0.15) is 12.8 Å². The summed E-state index contributed by atoms with van der Waals surface area (Å²) in [5, 5.41) is 3.04. The maximum Gasteiger partial charge on any atom is 0.241 e. The predicted octanol–water partition coefficient (Wildman–Crippen LogP) is 0.648. The molecule has 108 valence electrons. The summed E-state index contributed by atoms with van der Waals surface area (Å²) in [7, 11) is 1.74. The maximum absolute atomic E-state index is 11.8. The van der Waals surface area contributed by atoms with Crippen LogP contribution >= 0.6 is 0 Å². The zero-order valence-corrected chi connectivity index (χ0v) is 11.3. The lowest BCUT2D eigenvalue weighted by molar-refractivity contribution is -0.126. The van der Waals surface area contributed by atoms with Crippen molar-refractivity contribution < 1.29 is 19.0 Å². The first-order chi connectivity index (χ1) is 9.65. The van der Waals surface area contributed by atoms with Gasteiger partial charge < -0.3 is 25.3 Å². The van der Waals surface area contributed by atoms with Crippen LogP contribution in [0.5, 0.6) is 17.2 Å². The van der Waals surface area contributed by atoms with Gasteiger partial charge in [-0.25, -0.2) is 0 Å². The monoisotopic (exact) mass is 278 g/mol. The average Bonchev–Trinajstić information content (AvgIpc) is 3.18. The molecule has 6 heteroatoms. The molecule has 1 atom stereocenters. The van der Waals surface area contributed by atoms with E-state index in [0.717, 1.165) is 12.8 Å². The normalized spacial score (nSPS) is 19.4. The molecule has 1 aromatic rings. The molecule has 1 saturated carbocycles. The maximum atomic E-state index is 11.8. The van der Waals surface area contributed by atoms with Crippen LogP contribution in [0, 0.1) is 5.92 Å². The third-order valence-electron chi connectivity index (χ3n) is 3.97. The van der Waals surface area contributed by atoms with Crippen molar-refractivity contribution in [1.29, 1.82) is 0 Å². The van der Waals surface area contributed by atoms with E-state index in [-0.39, 0.29) is 25.2 Å². The number of carbonyl (C=O) groups is 1. The second-order valence-corrected chi connectivity index (χ2v) is 5.16. The molecule has 3 N–H and O–H groups in total. The third-order valence-corrected chi connectivity index (χ3v) is 3.97. The molecule has 0 radical (unpaired) electrons. The fraction of sp³-hybridized carbons (Fsp3) is 0.500. The molecule has 2 aliphatic rings. The van der Waals surface area contributed by atoms with Crippen molar-refractivity contribution in [3.05, 3.63) is 18.2 Å². The number of fused-ring (bicyclic) bond motifs is 1. The van der Waals surface area contributed by atoms with Crippen LogP contribution in [0.4, 0.5) is 0 Å². The summed E-state index contributed by atoms with van der Waals surface area (Å²) in [6, 6.07) is 5.35. The van der Waals surface area contributed by atoms with Gasteiger partial charge in [0.05, 0.1) is 0 Å². The average molecular weight is 278 g/mol. The largest absolute Gasteiger partial charge is 0.491 e. The molecule has 1 unspecified atom stereocenters. The van der Waals surface area contributed by atoms with Crippen molar-refractivity contribution in [2.24, 2.45) is 11.7 Å². The number of amides is 1. The van der Waals surface area contributed by atoms with E-state index < -0.39 is 5.54 Å². The van der Waals surface area contributed by atoms with Gasteiger partial charge in [-0.1, -0.05) is 0 Å². The summed E-state index contributed by atoms with van der Waals surface area (Å²) in [5.41, 5.74) is 4.76. The summed E-state index contributed by atoms with van der Waals surface area (Å²) in [5.74, 6) is 1.87. The Morgan fingerprint density at radius 1 is 1.45 bits per heavy atom. The molecule has 20 heavy (non-hydrogen) atoms.